The van der Waals surface area contributed by atoms with E-state index in [0.717, 1.165) is 26.2 Å². The Morgan fingerprint density at radius 2 is 1.69 bits per heavy atom. The zero-order valence-corrected chi connectivity index (χ0v) is 10.7. The monoisotopic (exact) mass is 226 g/mol. The van der Waals surface area contributed by atoms with Crippen LogP contribution in [0.3, 0.4) is 0 Å². The number of ketones is 1. The van der Waals surface area contributed by atoms with Crippen LogP contribution in [0.15, 0.2) is 0 Å². The van der Waals surface area contributed by atoms with Crippen LogP contribution in [0.25, 0.3) is 0 Å². The molecule has 1 aliphatic carbocycles. The van der Waals surface area contributed by atoms with Crippen molar-refractivity contribution in [2.45, 2.75) is 39.8 Å². The maximum absolute atomic E-state index is 12.0. The lowest BCUT2D eigenvalue weighted by molar-refractivity contribution is -0.536. The highest BCUT2D eigenvalue weighted by atomic mass is 16.3. The average molecular weight is 226 g/mol. The Bertz CT molecular complexity index is 289. The van der Waals surface area contributed by atoms with Crippen LogP contribution >= 0.6 is 0 Å². The highest BCUT2D eigenvalue weighted by Gasteiger charge is 2.47. The Morgan fingerprint density at radius 1 is 1.19 bits per heavy atom. The molecular formula is C12H22N2O2. The molecule has 0 aliphatic heterocycles. The molecule has 4 heteroatoms. The molecule has 0 saturated heterocycles. The van der Waals surface area contributed by atoms with Crippen molar-refractivity contribution in [1.82, 2.24) is 4.90 Å². The summed E-state index contributed by atoms with van der Waals surface area (Å²) < 4.78 is 1.89. The predicted molar refractivity (Wildman–Crippen MR) is 61.9 cm³/mol. The first kappa shape index (κ1) is 13.3. The van der Waals surface area contributed by atoms with Crippen molar-refractivity contribution in [2.75, 3.05) is 26.2 Å². The van der Waals surface area contributed by atoms with Gasteiger partial charge in [0.25, 0.3) is 0 Å². The summed E-state index contributed by atoms with van der Waals surface area (Å²) in [7, 11) is 0. The van der Waals surface area contributed by atoms with Gasteiger partial charge in [0.05, 0.1) is 6.04 Å². The first-order chi connectivity index (χ1) is 7.62. The van der Waals surface area contributed by atoms with E-state index in [4.69, 9.17) is 0 Å². The van der Waals surface area contributed by atoms with Crippen molar-refractivity contribution in [3.8, 4) is 0 Å². The highest BCUT2D eigenvalue weighted by molar-refractivity contribution is 6.48. The van der Waals surface area contributed by atoms with Gasteiger partial charge in [0, 0.05) is 0 Å². The standard InChI is InChI=1S/C12H22N2O2/c1-5-13(6-2)9-11(15)10(12(9)16)14(7-3)8-4/h9,11H,5-8H2,1-4H3. The zero-order valence-electron chi connectivity index (χ0n) is 10.7. The van der Waals surface area contributed by atoms with Gasteiger partial charge in [-0.25, -0.2) is 4.58 Å². The third kappa shape index (κ3) is 2.04. The van der Waals surface area contributed by atoms with Crippen LogP contribution in [0.4, 0.5) is 0 Å². The van der Waals surface area contributed by atoms with E-state index in [1.807, 2.05) is 37.2 Å². The molecule has 0 spiro atoms. The van der Waals surface area contributed by atoms with E-state index in [0.29, 0.717) is 5.71 Å². The quantitative estimate of drug-likeness (QED) is 0.594. The number of likely N-dealkylation sites (N-methyl/N-ethyl adjacent to an activating group) is 1. The van der Waals surface area contributed by atoms with Crippen LogP contribution < -0.4 is 5.11 Å². The third-order valence-corrected chi connectivity index (χ3v) is 3.39. The number of Topliss-reactive ketones (excluding diaryl/α,β-unsaturated/α-hetero) is 1. The third-order valence-electron chi connectivity index (χ3n) is 3.39. The maximum atomic E-state index is 12.0. The molecule has 92 valence electrons. The maximum Gasteiger partial charge on any atom is 0.236 e. The van der Waals surface area contributed by atoms with Gasteiger partial charge in [-0.05, 0) is 33.0 Å². The van der Waals surface area contributed by atoms with Crippen molar-refractivity contribution >= 4 is 11.5 Å². The van der Waals surface area contributed by atoms with Crippen LogP contribution in [-0.4, -0.2) is 59.3 Å². The molecule has 0 heterocycles. The lowest BCUT2D eigenvalue weighted by atomic mass is 9.82. The second kappa shape index (κ2) is 5.55. The molecule has 0 bridgehead atoms. The van der Waals surface area contributed by atoms with Crippen molar-refractivity contribution in [3.05, 3.63) is 0 Å². The molecule has 0 amide bonds. The number of hydrogen-bond acceptors (Lipinski definition) is 3. The largest absolute Gasteiger partial charge is 0.843 e. The number of nitrogens with zero attached hydrogens (tertiary/aromatic N) is 2. The minimum Gasteiger partial charge on any atom is -0.843 e. The zero-order chi connectivity index (χ0) is 12.3. The van der Waals surface area contributed by atoms with Gasteiger partial charge in [-0.2, -0.15) is 0 Å². The van der Waals surface area contributed by atoms with Gasteiger partial charge in [-0.3, -0.25) is 9.69 Å². The second-order valence-electron chi connectivity index (χ2n) is 4.01. The first-order valence-corrected chi connectivity index (χ1v) is 6.18. The Balaban J connectivity index is 2.87. The molecular weight excluding hydrogens is 204 g/mol. The summed E-state index contributed by atoms with van der Waals surface area (Å²) in [5, 5.41) is 12.0. The molecule has 16 heavy (non-hydrogen) atoms. The van der Waals surface area contributed by atoms with Crippen molar-refractivity contribution in [1.29, 1.82) is 0 Å². The topological polar surface area (TPSA) is 46.4 Å². The fraction of sp³-hybridized carbons (Fsp3) is 0.833. The summed E-state index contributed by atoms with van der Waals surface area (Å²) in [4.78, 5) is 13.9. The molecule has 0 radical (unpaired) electrons. The number of rotatable bonds is 5. The summed E-state index contributed by atoms with van der Waals surface area (Å²) in [5.74, 6) is 0.0346. The molecule has 0 aromatic carbocycles. The normalized spacial score (nSPS) is 24.9. The van der Waals surface area contributed by atoms with Crippen LogP contribution in [0.5, 0.6) is 0 Å². The Kier molecular flexibility index (Phi) is 4.62. The van der Waals surface area contributed by atoms with E-state index in [1.54, 1.807) is 0 Å². The molecule has 1 aliphatic rings. The lowest BCUT2D eigenvalue weighted by Gasteiger charge is -2.44. The number of hydrogen-bond donors (Lipinski definition) is 0. The fourth-order valence-electron chi connectivity index (χ4n) is 2.36. The molecule has 1 rings (SSSR count). The van der Waals surface area contributed by atoms with E-state index in [-0.39, 0.29) is 5.78 Å². The summed E-state index contributed by atoms with van der Waals surface area (Å²) in [6.07, 6.45) is -0.854. The van der Waals surface area contributed by atoms with Crippen LogP contribution in [0.1, 0.15) is 27.7 Å². The van der Waals surface area contributed by atoms with E-state index < -0.39 is 12.1 Å². The minimum absolute atomic E-state index is 0.0346. The molecule has 0 aromatic heterocycles. The van der Waals surface area contributed by atoms with E-state index in [2.05, 4.69) is 0 Å². The predicted octanol–water partition coefficient (Wildman–Crippen LogP) is -0.498. The molecule has 2 unspecified atom stereocenters. The van der Waals surface area contributed by atoms with Crippen LogP contribution in [-0.2, 0) is 4.79 Å². The summed E-state index contributed by atoms with van der Waals surface area (Å²) in [5.41, 5.74) is 0.488. The van der Waals surface area contributed by atoms with Gasteiger partial charge < -0.3 is 5.11 Å². The Labute approximate surface area is 97.6 Å². The second-order valence-corrected chi connectivity index (χ2v) is 4.01. The fourth-order valence-corrected chi connectivity index (χ4v) is 2.36. The minimum atomic E-state index is -0.854. The van der Waals surface area contributed by atoms with E-state index >= 15 is 0 Å². The van der Waals surface area contributed by atoms with Crippen LogP contribution in [0, 0.1) is 0 Å². The molecule has 4 nitrogen and oxygen atoms in total. The summed E-state index contributed by atoms with van der Waals surface area (Å²) in [6, 6.07) is -0.425. The van der Waals surface area contributed by atoms with Crippen molar-refractivity contribution < 1.29 is 14.5 Å². The van der Waals surface area contributed by atoms with Crippen molar-refractivity contribution in [3.63, 3.8) is 0 Å². The van der Waals surface area contributed by atoms with Gasteiger partial charge in [-0.1, -0.05) is 13.8 Å². The van der Waals surface area contributed by atoms with Gasteiger partial charge >= 0.3 is 0 Å². The molecule has 0 aromatic rings. The van der Waals surface area contributed by atoms with E-state index in [9.17, 15) is 9.90 Å². The van der Waals surface area contributed by atoms with Gasteiger partial charge in [0.2, 0.25) is 11.5 Å². The van der Waals surface area contributed by atoms with Gasteiger partial charge in [0.15, 0.2) is 0 Å². The summed E-state index contributed by atoms with van der Waals surface area (Å²) in [6.45, 7) is 10.9. The number of carbonyl (C=O) groups excluding carboxylic acids is 1. The SMILES string of the molecule is CCN(CC)C1C(=O)C(=[N+](CC)CC)C1[O-]. The highest BCUT2D eigenvalue weighted by Crippen LogP contribution is 2.18. The smallest absolute Gasteiger partial charge is 0.236 e. The van der Waals surface area contributed by atoms with E-state index in [1.165, 1.54) is 0 Å². The van der Waals surface area contributed by atoms with Crippen LogP contribution in [0.2, 0.25) is 0 Å². The summed E-state index contributed by atoms with van der Waals surface area (Å²) >= 11 is 0. The Morgan fingerprint density at radius 3 is 2.00 bits per heavy atom. The molecule has 0 N–H and O–H groups in total. The Hall–Kier alpha value is -0.740. The molecule has 1 saturated carbocycles. The lowest BCUT2D eigenvalue weighted by Crippen LogP contribution is -2.72. The average Bonchev–Trinajstić information content (AvgIpc) is 2.32. The molecule has 1 fully saturated rings. The molecule has 2 atom stereocenters. The van der Waals surface area contributed by atoms with Gasteiger partial charge in [0.1, 0.15) is 13.1 Å². The number of carbonyl (C=O) groups is 1. The first-order valence-electron chi connectivity index (χ1n) is 6.18. The van der Waals surface area contributed by atoms with Crippen molar-refractivity contribution in [2.24, 2.45) is 0 Å². The van der Waals surface area contributed by atoms with Gasteiger partial charge in [-0.15, -0.1) is 0 Å².